The van der Waals surface area contributed by atoms with Gasteiger partial charge in [0.05, 0.1) is 4.90 Å². The summed E-state index contributed by atoms with van der Waals surface area (Å²) in [6.07, 6.45) is 2.24. The van der Waals surface area contributed by atoms with E-state index in [0.717, 1.165) is 25.9 Å². The number of carbonyl (C=O) groups excluding carboxylic acids is 1. The number of carbonyl (C=O) groups is 1. The standard InChI is InChI=1S/C16H23N3O3S.ClH/c20-16(18-11-5-9-17-10-13-18)15-8-4-12-19(15)23(21,22)14-6-2-1-3-7-14;/h1-3,6-7,15,17H,4-5,8-13H2;1H. The number of amides is 1. The van der Waals surface area contributed by atoms with Crippen LogP contribution in [-0.2, 0) is 14.8 Å². The van der Waals surface area contributed by atoms with E-state index in [1.165, 1.54) is 4.31 Å². The van der Waals surface area contributed by atoms with Crippen LogP contribution in [0.1, 0.15) is 19.3 Å². The molecule has 2 fully saturated rings. The molecule has 24 heavy (non-hydrogen) atoms. The van der Waals surface area contributed by atoms with Gasteiger partial charge >= 0.3 is 0 Å². The van der Waals surface area contributed by atoms with Crippen molar-refractivity contribution >= 4 is 28.3 Å². The van der Waals surface area contributed by atoms with Gasteiger partial charge in [0.25, 0.3) is 0 Å². The third-order valence-electron chi connectivity index (χ3n) is 4.49. The fourth-order valence-electron chi connectivity index (χ4n) is 3.28. The quantitative estimate of drug-likeness (QED) is 0.860. The van der Waals surface area contributed by atoms with Crippen molar-refractivity contribution in [3.8, 4) is 0 Å². The third kappa shape index (κ3) is 3.91. The molecule has 1 N–H and O–H groups in total. The van der Waals surface area contributed by atoms with Crippen LogP contribution in [0.5, 0.6) is 0 Å². The Morgan fingerprint density at radius 3 is 2.54 bits per heavy atom. The summed E-state index contributed by atoms with van der Waals surface area (Å²) in [6.45, 7) is 3.43. The van der Waals surface area contributed by atoms with Crippen molar-refractivity contribution in [2.75, 3.05) is 32.7 Å². The van der Waals surface area contributed by atoms with Gasteiger partial charge in [0.1, 0.15) is 6.04 Å². The second kappa shape index (κ2) is 8.29. The van der Waals surface area contributed by atoms with E-state index in [2.05, 4.69) is 5.32 Å². The van der Waals surface area contributed by atoms with Gasteiger partial charge in [0.15, 0.2) is 0 Å². The average Bonchev–Trinajstić information content (AvgIpc) is 2.91. The molecule has 0 aromatic heterocycles. The molecule has 0 spiro atoms. The summed E-state index contributed by atoms with van der Waals surface area (Å²) in [7, 11) is -3.61. The largest absolute Gasteiger partial charge is 0.340 e. The van der Waals surface area contributed by atoms with Crippen LogP contribution >= 0.6 is 12.4 Å². The number of nitrogens with one attached hydrogen (secondary N) is 1. The van der Waals surface area contributed by atoms with E-state index in [1.54, 1.807) is 30.3 Å². The number of nitrogens with zero attached hydrogens (tertiary/aromatic N) is 2. The molecule has 2 aliphatic heterocycles. The van der Waals surface area contributed by atoms with E-state index in [9.17, 15) is 13.2 Å². The van der Waals surface area contributed by atoms with Gasteiger partial charge in [0, 0.05) is 26.2 Å². The first-order valence-electron chi connectivity index (χ1n) is 8.17. The lowest BCUT2D eigenvalue weighted by Crippen LogP contribution is -2.48. The van der Waals surface area contributed by atoms with Crippen molar-refractivity contribution in [3.05, 3.63) is 30.3 Å². The van der Waals surface area contributed by atoms with Crippen LogP contribution in [0.25, 0.3) is 0 Å². The molecule has 0 saturated carbocycles. The molecular formula is C16H24ClN3O3S. The molecule has 0 radical (unpaired) electrons. The average molecular weight is 374 g/mol. The van der Waals surface area contributed by atoms with E-state index in [-0.39, 0.29) is 23.2 Å². The third-order valence-corrected chi connectivity index (χ3v) is 6.41. The van der Waals surface area contributed by atoms with Gasteiger partial charge in [-0.15, -0.1) is 12.4 Å². The van der Waals surface area contributed by atoms with Crippen LogP contribution in [-0.4, -0.2) is 62.3 Å². The lowest BCUT2D eigenvalue weighted by atomic mass is 10.2. The van der Waals surface area contributed by atoms with Crippen LogP contribution in [0.2, 0.25) is 0 Å². The number of benzene rings is 1. The monoisotopic (exact) mass is 373 g/mol. The number of halogens is 1. The summed E-state index contributed by atoms with van der Waals surface area (Å²) < 4.78 is 27.1. The Hall–Kier alpha value is -1.15. The minimum absolute atomic E-state index is 0. The highest BCUT2D eigenvalue weighted by molar-refractivity contribution is 7.89. The maximum atomic E-state index is 12.8. The lowest BCUT2D eigenvalue weighted by Gasteiger charge is -2.29. The molecular weight excluding hydrogens is 350 g/mol. The zero-order valence-corrected chi connectivity index (χ0v) is 15.2. The van der Waals surface area contributed by atoms with Crippen LogP contribution in [0.4, 0.5) is 0 Å². The molecule has 1 amide bonds. The summed E-state index contributed by atoms with van der Waals surface area (Å²) >= 11 is 0. The SMILES string of the molecule is Cl.O=C(C1CCCN1S(=O)(=O)c1ccccc1)N1CCCNCC1. The number of hydrogen-bond donors (Lipinski definition) is 1. The molecule has 2 aliphatic rings. The van der Waals surface area contributed by atoms with Crippen molar-refractivity contribution in [1.29, 1.82) is 0 Å². The summed E-state index contributed by atoms with van der Waals surface area (Å²) in [5.41, 5.74) is 0. The van der Waals surface area contributed by atoms with Gasteiger partial charge < -0.3 is 10.2 Å². The smallest absolute Gasteiger partial charge is 0.243 e. The molecule has 0 bridgehead atoms. The molecule has 1 unspecified atom stereocenters. The maximum Gasteiger partial charge on any atom is 0.243 e. The fraction of sp³-hybridized carbons (Fsp3) is 0.562. The van der Waals surface area contributed by atoms with Crippen molar-refractivity contribution in [3.63, 3.8) is 0 Å². The van der Waals surface area contributed by atoms with Gasteiger partial charge in [0.2, 0.25) is 15.9 Å². The van der Waals surface area contributed by atoms with Gasteiger partial charge in [-0.2, -0.15) is 4.31 Å². The molecule has 1 aromatic carbocycles. The summed E-state index contributed by atoms with van der Waals surface area (Å²) in [6, 6.07) is 7.82. The Balaban J connectivity index is 0.00000208. The Labute approximate surface area is 149 Å². The van der Waals surface area contributed by atoms with Crippen LogP contribution in [0, 0.1) is 0 Å². The Bertz CT molecular complexity index is 646. The van der Waals surface area contributed by atoms with E-state index in [1.807, 2.05) is 4.90 Å². The number of hydrogen-bond acceptors (Lipinski definition) is 4. The molecule has 0 aliphatic carbocycles. The first-order valence-corrected chi connectivity index (χ1v) is 9.61. The van der Waals surface area contributed by atoms with E-state index >= 15 is 0 Å². The van der Waals surface area contributed by atoms with Crippen molar-refractivity contribution in [2.24, 2.45) is 0 Å². The highest BCUT2D eigenvalue weighted by Gasteiger charge is 2.41. The van der Waals surface area contributed by atoms with E-state index in [0.29, 0.717) is 26.1 Å². The van der Waals surface area contributed by atoms with Crippen LogP contribution in [0.3, 0.4) is 0 Å². The molecule has 2 heterocycles. The second-order valence-corrected chi connectivity index (χ2v) is 7.91. The van der Waals surface area contributed by atoms with Gasteiger partial charge in [-0.1, -0.05) is 18.2 Å². The zero-order chi connectivity index (χ0) is 16.3. The second-order valence-electron chi connectivity index (χ2n) is 6.02. The van der Waals surface area contributed by atoms with Crippen molar-refractivity contribution < 1.29 is 13.2 Å². The predicted molar refractivity (Wildman–Crippen MR) is 94.7 cm³/mol. The van der Waals surface area contributed by atoms with Crippen molar-refractivity contribution in [1.82, 2.24) is 14.5 Å². The minimum Gasteiger partial charge on any atom is -0.340 e. The first kappa shape index (κ1) is 19.2. The topological polar surface area (TPSA) is 69.7 Å². The number of rotatable bonds is 3. The molecule has 1 atom stereocenters. The van der Waals surface area contributed by atoms with Crippen LogP contribution in [0.15, 0.2) is 35.2 Å². The molecule has 6 nitrogen and oxygen atoms in total. The first-order chi connectivity index (χ1) is 11.1. The summed E-state index contributed by atoms with van der Waals surface area (Å²) in [5, 5.41) is 3.26. The van der Waals surface area contributed by atoms with Gasteiger partial charge in [-0.05, 0) is 37.9 Å². The minimum atomic E-state index is -3.61. The zero-order valence-electron chi connectivity index (χ0n) is 13.6. The molecule has 3 rings (SSSR count). The molecule has 8 heteroatoms. The maximum absolute atomic E-state index is 12.8. The normalized spacial score (nSPS) is 22.7. The number of sulfonamides is 1. The van der Waals surface area contributed by atoms with Crippen molar-refractivity contribution in [2.45, 2.75) is 30.2 Å². The highest BCUT2D eigenvalue weighted by atomic mass is 35.5. The molecule has 1 aromatic rings. The lowest BCUT2D eigenvalue weighted by molar-refractivity contribution is -0.134. The fourth-order valence-corrected chi connectivity index (χ4v) is 4.95. The van der Waals surface area contributed by atoms with E-state index < -0.39 is 16.1 Å². The predicted octanol–water partition coefficient (Wildman–Crippen LogP) is 1.08. The van der Waals surface area contributed by atoms with Gasteiger partial charge in [-0.3, -0.25) is 4.79 Å². The molecule has 134 valence electrons. The summed E-state index contributed by atoms with van der Waals surface area (Å²) in [5.74, 6) is -0.0503. The Morgan fingerprint density at radius 1 is 1.04 bits per heavy atom. The molecule has 2 saturated heterocycles. The van der Waals surface area contributed by atoms with Gasteiger partial charge in [-0.25, -0.2) is 8.42 Å². The Morgan fingerprint density at radius 2 is 1.79 bits per heavy atom. The Kier molecular flexibility index (Phi) is 6.62. The van der Waals surface area contributed by atoms with Crippen LogP contribution < -0.4 is 5.32 Å². The summed E-state index contributed by atoms with van der Waals surface area (Å²) in [4.78, 5) is 14.9. The highest BCUT2D eigenvalue weighted by Crippen LogP contribution is 2.27. The van der Waals surface area contributed by atoms with E-state index in [4.69, 9.17) is 0 Å².